The number of aryl methyl sites for hydroxylation is 2. The largest absolute Gasteiger partial charge is 0.490 e. The first-order chi connectivity index (χ1) is 16.4. The van der Waals surface area contributed by atoms with Crippen LogP contribution >= 0.6 is 23.2 Å². The Labute approximate surface area is 209 Å². The fourth-order valence-corrected chi connectivity index (χ4v) is 4.04. The van der Waals surface area contributed by atoms with Crippen molar-refractivity contribution in [3.8, 4) is 17.3 Å². The Morgan fingerprint density at radius 1 is 0.882 bits per heavy atom. The summed E-state index contributed by atoms with van der Waals surface area (Å²) in [6.07, 6.45) is 0.754. The average Bonchev–Trinajstić information content (AvgIpc) is 3.14. The topological polar surface area (TPSA) is 74.1 Å². The third-order valence-corrected chi connectivity index (χ3v) is 5.93. The minimum absolute atomic E-state index is 0.434. The molecule has 0 saturated carbocycles. The molecular weight excluding hydrogens is 473 g/mol. The number of halogens is 2. The SMILES string of the molecule is CCOc1ccc(CCNc2nc3cc(Cl)c(Cl)cc3nc2-n2nc(C)cc2C)cc1OCC. The highest BCUT2D eigenvalue weighted by Gasteiger charge is 2.16. The van der Waals surface area contributed by atoms with E-state index < -0.39 is 0 Å². The molecule has 1 N–H and O–H groups in total. The monoisotopic (exact) mass is 499 g/mol. The van der Waals surface area contributed by atoms with E-state index in [0.29, 0.717) is 52.5 Å². The Hall–Kier alpha value is -3.03. The molecule has 0 unspecified atom stereocenters. The standard InChI is InChI=1S/C25H27Cl2N5O2/c1-5-33-22-8-7-17(12-23(22)34-6-2)9-10-28-24-25(32-16(4)11-15(3)31-32)30-21-14-19(27)18(26)13-20(21)29-24/h7-8,11-14H,5-6,9-10H2,1-4H3,(H,28,29). The molecule has 178 valence electrons. The summed E-state index contributed by atoms with van der Waals surface area (Å²) >= 11 is 12.4. The van der Waals surface area contributed by atoms with Gasteiger partial charge in [-0.25, -0.2) is 14.6 Å². The maximum Gasteiger partial charge on any atom is 0.197 e. The van der Waals surface area contributed by atoms with Gasteiger partial charge < -0.3 is 14.8 Å². The summed E-state index contributed by atoms with van der Waals surface area (Å²) in [7, 11) is 0. The highest BCUT2D eigenvalue weighted by molar-refractivity contribution is 6.42. The molecule has 0 aliphatic carbocycles. The van der Waals surface area contributed by atoms with E-state index in [1.165, 1.54) is 0 Å². The van der Waals surface area contributed by atoms with Crippen molar-refractivity contribution in [3.63, 3.8) is 0 Å². The molecule has 34 heavy (non-hydrogen) atoms. The van der Waals surface area contributed by atoms with Crippen molar-refractivity contribution in [1.29, 1.82) is 0 Å². The number of anilines is 1. The first-order valence-electron chi connectivity index (χ1n) is 11.2. The van der Waals surface area contributed by atoms with Crippen molar-refractivity contribution in [2.45, 2.75) is 34.1 Å². The first kappa shape index (κ1) is 24.1. The molecular formula is C25H27Cl2N5O2. The van der Waals surface area contributed by atoms with Gasteiger partial charge in [0.25, 0.3) is 0 Å². The summed E-state index contributed by atoms with van der Waals surface area (Å²) in [5.41, 5.74) is 4.28. The maximum atomic E-state index is 6.23. The van der Waals surface area contributed by atoms with Gasteiger partial charge in [-0.15, -0.1) is 0 Å². The molecule has 0 spiro atoms. The lowest BCUT2D eigenvalue weighted by Gasteiger charge is -2.15. The number of nitrogens with zero attached hydrogens (tertiary/aromatic N) is 4. The zero-order valence-corrected chi connectivity index (χ0v) is 21.2. The van der Waals surface area contributed by atoms with Gasteiger partial charge in [0.15, 0.2) is 23.1 Å². The third kappa shape index (κ3) is 5.21. The number of fused-ring (bicyclic) bond motifs is 1. The van der Waals surface area contributed by atoms with Crippen LogP contribution in [-0.4, -0.2) is 39.5 Å². The van der Waals surface area contributed by atoms with Crippen LogP contribution in [0, 0.1) is 13.8 Å². The first-order valence-corrected chi connectivity index (χ1v) is 12.0. The smallest absolute Gasteiger partial charge is 0.197 e. The number of hydrogen-bond acceptors (Lipinski definition) is 6. The van der Waals surface area contributed by atoms with Crippen molar-refractivity contribution in [3.05, 3.63) is 63.4 Å². The molecule has 0 aliphatic rings. The molecule has 9 heteroatoms. The number of benzene rings is 2. The van der Waals surface area contributed by atoms with E-state index in [-0.39, 0.29) is 0 Å². The van der Waals surface area contributed by atoms with Crippen LogP contribution in [0.15, 0.2) is 36.4 Å². The van der Waals surface area contributed by atoms with Crippen LogP contribution in [0.3, 0.4) is 0 Å². The van der Waals surface area contributed by atoms with E-state index in [9.17, 15) is 0 Å². The Morgan fingerprint density at radius 3 is 2.21 bits per heavy atom. The van der Waals surface area contributed by atoms with Crippen LogP contribution < -0.4 is 14.8 Å². The molecule has 0 fully saturated rings. The van der Waals surface area contributed by atoms with E-state index >= 15 is 0 Å². The lowest BCUT2D eigenvalue weighted by atomic mass is 10.1. The minimum atomic E-state index is 0.434. The van der Waals surface area contributed by atoms with Crippen LogP contribution in [-0.2, 0) is 6.42 Å². The van der Waals surface area contributed by atoms with Gasteiger partial charge in [0.2, 0.25) is 0 Å². The maximum absolute atomic E-state index is 6.23. The molecule has 2 heterocycles. The summed E-state index contributed by atoms with van der Waals surface area (Å²) < 4.78 is 13.2. The summed E-state index contributed by atoms with van der Waals surface area (Å²) in [5, 5.41) is 8.90. The lowest BCUT2D eigenvalue weighted by molar-refractivity contribution is 0.287. The number of ether oxygens (including phenoxy) is 2. The van der Waals surface area contributed by atoms with Crippen molar-refractivity contribution >= 4 is 40.1 Å². The second-order valence-electron chi connectivity index (χ2n) is 7.81. The molecule has 0 saturated heterocycles. The molecule has 0 radical (unpaired) electrons. The molecule has 4 rings (SSSR count). The zero-order valence-electron chi connectivity index (χ0n) is 19.7. The number of aromatic nitrogens is 4. The average molecular weight is 500 g/mol. The highest BCUT2D eigenvalue weighted by atomic mass is 35.5. The summed E-state index contributed by atoms with van der Waals surface area (Å²) in [6.45, 7) is 9.65. The molecule has 7 nitrogen and oxygen atoms in total. The van der Waals surface area contributed by atoms with Gasteiger partial charge in [0.1, 0.15) is 0 Å². The minimum Gasteiger partial charge on any atom is -0.490 e. The van der Waals surface area contributed by atoms with Crippen molar-refractivity contribution in [1.82, 2.24) is 19.7 Å². The molecule has 0 amide bonds. The summed E-state index contributed by atoms with van der Waals surface area (Å²) in [6, 6.07) is 11.5. The molecule has 0 atom stereocenters. The van der Waals surface area contributed by atoms with E-state index in [2.05, 4.69) is 10.4 Å². The highest BCUT2D eigenvalue weighted by Crippen LogP contribution is 2.30. The number of rotatable bonds is 9. The molecule has 2 aromatic heterocycles. The summed E-state index contributed by atoms with van der Waals surface area (Å²) in [5.74, 6) is 2.73. The molecule has 2 aromatic carbocycles. The second-order valence-corrected chi connectivity index (χ2v) is 8.63. The quantitative estimate of drug-likeness (QED) is 0.295. The van der Waals surface area contributed by atoms with Crippen molar-refractivity contribution in [2.24, 2.45) is 0 Å². The summed E-state index contributed by atoms with van der Waals surface area (Å²) in [4.78, 5) is 9.61. The second kappa shape index (κ2) is 10.5. The molecule has 0 bridgehead atoms. The van der Waals surface area contributed by atoms with Gasteiger partial charge in [0.05, 0.1) is 40.0 Å². The predicted octanol–water partition coefficient (Wildman–Crippen LogP) is 6.19. The Kier molecular flexibility index (Phi) is 7.44. The van der Waals surface area contributed by atoms with Gasteiger partial charge in [-0.2, -0.15) is 5.10 Å². The van der Waals surface area contributed by atoms with Crippen molar-refractivity contribution < 1.29 is 9.47 Å². The van der Waals surface area contributed by atoms with E-state index in [1.807, 2.05) is 52.0 Å². The molecule has 4 aromatic rings. The van der Waals surface area contributed by atoms with E-state index in [4.69, 9.17) is 42.6 Å². The predicted molar refractivity (Wildman–Crippen MR) is 137 cm³/mol. The Bertz CT molecular complexity index is 1320. The van der Waals surface area contributed by atoms with E-state index in [0.717, 1.165) is 34.9 Å². The van der Waals surface area contributed by atoms with Crippen LogP contribution in [0.5, 0.6) is 11.5 Å². The third-order valence-electron chi connectivity index (χ3n) is 5.21. The Morgan fingerprint density at radius 2 is 1.56 bits per heavy atom. The number of hydrogen-bond donors (Lipinski definition) is 1. The fraction of sp³-hybridized carbons (Fsp3) is 0.320. The van der Waals surface area contributed by atoms with Crippen molar-refractivity contribution in [2.75, 3.05) is 25.1 Å². The normalized spacial score (nSPS) is 11.1. The lowest BCUT2D eigenvalue weighted by Crippen LogP contribution is -2.13. The van der Waals surface area contributed by atoms with E-state index in [1.54, 1.807) is 16.8 Å². The van der Waals surface area contributed by atoms with Gasteiger partial charge in [-0.3, -0.25) is 0 Å². The van der Waals surface area contributed by atoms with Gasteiger partial charge in [-0.1, -0.05) is 29.3 Å². The zero-order chi connectivity index (χ0) is 24.2. The van der Waals surface area contributed by atoms with Crippen LogP contribution in [0.1, 0.15) is 30.8 Å². The van der Waals surface area contributed by atoms with Crippen LogP contribution in [0.25, 0.3) is 16.9 Å². The molecule has 0 aliphatic heterocycles. The van der Waals surface area contributed by atoms with Gasteiger partial charge in [-0.05, 0) is 70.0 Å². The van der Waals surface area contributed by atoms with Gasteiger partial charge in [0, 0.05) is 12.2 Å². The Balaban J connectivity index is 1.63. The van der Waals surface area contributed by atoms with Crippen LogP contribution in [0.4, 0.5) is 5.82 Å². The number of nitrogens with one attached hydrogen (secondary N) is 1. The van der Waals surface area contributed by atoms with Gasteiger partial charge >= 0.3 is 0 Å². The van der Waals surface area contributed by atoms with Crippen LogP contribution in [0.2, 0.25) is 10.0 Å². The fourth-order valence-electron chi connectivity index (χ4n) is 3.73.